The molecule has 0 spiro atoms. The molecule has 0 aliphatic heterocycles. The van der Waals surface area contributed by atoms with Crippen molar-refractivity contribution in [2.75, 3.05) is 11.1 Å². The summed E-state index contributed by atoms with van der Waals surface area (Å²) in [7, 11) is -3.73. The summed E-state index contributed by atoms with van der Waals surface area (Å²) in [6.07, 6.45) is 5.46. The monoisotopic (exact) mass is 299 g/mol. The SMILES string of the molecule is CCCCC(CCC)Nc1cc(N)cc(S(N)(=O)=O)c1. The second-order valence-corrected chi connectivity index (χ2v) is 6.67. The first-order valence-electron chi connectivity index (χ1n) is 7.06. The molecule has 0 heterocycles. The quantitative estimate of drug-likeness (QED) is 0.643. The summed E-state index contributed by atoms with van der Waals surface area (Å²) in [4.78, 5) is 0.0470. The number of unbranched alkanes of at least 4 members (excludes halogenated alkanes) is 1. The molecule has 5 nitrogen and oxygen atoms in total. The van der Waals surface area contributed by atoms with Crippen LogP contribution in [0.25, 0.3) is 0 Å². The molecule has 0 aromatic heterocycles. The lowest BCUT2D eigenvalue weighted by atomic mass is 10.0. The Morgan fingerprint density at radius 2 is 1.85 bits per heavy atom. The first kappa shape index (κ1) is 16.8. The Hall–Kier alpha value is -1.27. The topological polar surface area (TPSA) is 98.2 Å². The molecule has 6 heteroatoms. The van der Waals surface area contributed by atoms with Gasteiger partial charge >= 0.3 is 0 Å². The minimum atomic E-state index is -3.73. The Morgan fingerprint density at radius 3 is 2.40 bits per heavy atom. The summed E-state index contributed by atoms with van der Waals surface area (Å²) in [5.41, 5.74) is 6.85. The highest BCUT2D eigenvalue weighted by Crippen LogP contribution is 2.22. The Bertz CT molecular complexity index is 529. The minimum Gasteiger partial charge on any atom is -0.399 e. The van der Waals surface area contributed by atoms with Gasteiger partial charge in [0.1, 0.15) is 0 Å². The van der Waals surface area contributed by atoms with Crippen molar-refractivity contribution in [3.8, 4) is 0 Å². The third-order valence-electron chi connectivity index (χ3n) is 3.17. The van der Waals surface area contributed by atoms with Gasteiger partial charge in [0, 0.05) is 17.4 Å². The van der Waals surface area contributed by atoms with Gasteiger partial charge in [-0.2, -0.15) is 0 Å². The number of hydrogen-bond donors (Lipinski definition) is 3. The van der Waals surface area contributed by atoms with E-state index >= 15 is 0 Å². The van der Waals surface area contributed by atoms with E-state index in [1.54, 1.807) is 12.1 Å². The number of rotatable bonds is 8. The van der Waals surface area contributed by atoms with E-state index in [4.69, 9.17) is 10.9 Å². The fourth-order valence-corrected chi connectivity index (χ4v) is 2.78. The van der Waals surface area contributed by atoms with Crippen LogP contribution in [0, 0.1) is 0 Å². The largest absolute Gasteiger partial charge is 0.399 e. The van der Waals surface area contributed by atoms with Crippen molar-refractivity contribution >= 4 is 21.4 Å². The summed E-state index contributed by atoms with van der Waals surface area (Å²) in [6, 6.07) is 4.99. The van der Waals surface area contributed by atoms with Crippen LogP contribution in [-0.4, -0.2) is 14.5 Å². The maximum absolute atomic E-state index is 11.4. The molecule has 1 unspecified atom stereocenters. The number of nitrogens with one attached hydrogen (secondary N) is 1. The maximum atomic E-state index is 11.4. The fourth-order valence-electron chi connectivity index (χ4n) is 2.19. The van der Waals surface area contributed by atoms with E-state index in [1.165, 1.54) is 6.07 Å². The first-order valence-corrected chi connectivity index (χ1v) is 8.61. The molecule has 1 atom stereocenters. The zero-order valence-electron chi connectivity index (χ0n) is 12.2. The molecular weight excluding hydrogens is 274 g/mol. The van der Waals surface area contributed by atoms with Crippen LogP contribution < -0.4 is 16.2 Å². The average Bonchev–Trinajstić information content (AvgIpc) is 2.34. The van der Waals surface area contributed by atoms with Crippen molar-refractivity contribution in [2.24, 2.45) is 5.14 Å². The number of sulfonamides is 1. The molecule has 114 valence electrons. The van der Waals surface area contributed by atoms with Crippen LogP contribution in [-0.2, 0) is 10.0 Å². The van der Waals surface area contributed by atoms with Crippen molar-refractivity contribution in [1.29, 1.82) is 0 Å². The Morgan fingerprint density at radius 1 is 1.15 bits per heavy atom. The molecule has 5 N–H and O–H groups in total. The van der Waals surface area contributed by atoms with E-state index in [2.05, 4.69) is 19.2 Å². The van der Waals surface area contributed by atoms with Crippen LogP contribution >= 0.6 is 0 Å². The van der Waals surface area contributed by atoms with Gasteiger partial charge in [-0.25, -0.2) is 13.6 Å². The van der Waals surface area contributed by atoms with Crippen molar-refractivity contribution in [3.63, 3.8) is 0 Å². The van der Waals surface area contributed by atoms with Gasteiger partial charge < -0.3 is 11.1 Å². The fraction of sp³-hybridized carbons (Fsp3) is 0.571. The summed E-state index contributed by atoms with van der Waals surface area (Å²) < 4.78 is 22.8. The smallest absolute Gasteiger partial charge is 0.238 e. The number of benzene rings is 1. The molecule has 0 amide bonds. The molecule has 0 aliphatic rings. The van der Waals surface area contributed by atoms with E-state index in [9.17, 15) is 8.42 Å². The van der Waals surface area contributed by atoms with Gasteiger partial charge in [-0.15, -0.1) is 0 Å². The Kier molecular flexibility index (Phi) is 6.29. The number of hydrogen-bond acceptors (Lipinski definition) is 4. The Labute approximate surface area is 121 Å². The Balaban J connectivity index is 2.92. The molecule has 20 heavy (non-hydrogen) atoms. The molecule has 0 radical (unpaired) electrons. The molecule has 1 aromatic carbocycles. The lowest BCUT2D eigenvalue weighted by molar-refractivity contribution is 0.564. The van der Waals surface area contributed by atoms with Gasteiger partial charge in [0.15, 0.2) is 0 Å². The van der Waals surface area contributed by atoms with Crippen LogP contribution in [0.1, 0.15) is 46.0 Å². The number of anilines is 2. The number of nitrogens with two attached hydrogens (primary N) is 2. The minimum absolute atomic E-state index is 0.0470. The van der Waals surface area contributed by atoms with E-state index in [1.807, 2.05) is 0 Å². The van der Waals surface area contributed by atoms with Crippen molar-refractivity contribution in [3.05, 3.63) is 18.2 Å². The second-order valence-electron chi connectivity index (χ2n) is 5.11. The van der Waals surface area contributed by atoms with Crippen LogP contribution in [0.3, 0.4) is 0 Å². The highest BCUT2D eigenvalue weighted by Gasteiger charge is 2.12. The normalized spacial score (nSPS) is 13.2. The molecule has 0 saturated heterocycles. The van der Waals surface area contributed by atoms with Gasteiger partial charge in [-0.05, 0) is 31.0 Å². The summed E-state index contributed by atoms with van der Waals surface area (Å²) in [5, 5.41) is 8.52. The van der Waals surface area contributed by atoms with E-state index in [0.717, 1.165) is 32.1 Å². The van der Waals surface area contributed by atoms with Crippen LogP contribution in [0.5, 0.6) is 0 Å². The predicted octanol–water partition coefficient (Wildman–Crippen LogP) is 2.69. The van der Waals surface area contributed by atoms with Gasteiger partial charge in [0.25, 0.3) is 0 Å². The van der Waals surface area contributed by atoms with Crippen molar-refractivity contribution in [2.45, 2.75) is 56.9 Å². The summed E-state index contributed by atoms with van der Waals surface area (Å²) in [6.45, 7) is 4.29. The molecule has 0 bridgehead atoms. The second kappa shape index (κ2) is 7.50. The zero-order valence-corrected chi connectivity index (χ0v) is 13.0. The van der Waals surface area contributed by atoms with Crippen molar-refractivity contribution in [1.82, 2.24) is 0 Å². The third-order valence-corrected chi connectivity index (χ3v) is 4.06. The van der Waals surface area contributed by atoms with Crippen LogP contribution in [0.2, 0.25) is 0 Å². The molecular formula is C14H25N3O2S. The maximum Gasteiger partial charge on any atom is 0.238 e. The molecule has 1 aromatic rings. The predicted molar refractivity (Wildman–Crippen MR) is 84.1 cm³/mol. The van der Waals surface area contributed by atoms with Gasteiger partial charge in [0.2, 0.25) is 10.0 Å². The van der Waals surface area contributed by atoms with E-state index in [0.29, 0.717) is 17.4 Å². The van der Waals surface area contributed by atoms with Gasteiger partial charge in [0.05, 0.1) is 4.90 Å². The number of primary sulfonamides is 1. The lowest BCUT2D eigenvalue weighted by Gasteiger charge is -2.20. The van der Waals surface area contributed by atoms with Gasteiger partial charge in [-0.1, -0.05) is 33.1 Å². The standard InChI is InChI=1S/C14H25N3O2S/c1-3-5-7-12(6-4-2)17-13-8-11(15)9-14(10-13)20(16,18)19/h8-10,12,17H,3-7,15H2,1-2H3,(H2,16,18,19). The number of nitrogen functional groups attached to an aromatic ring is 1. The molecule has 0 fully saturated rings. The average molecular weight is 299 g/mol. The first-order chi connectivity index (χ1) is 9.36. The lowest BCUT2D eigenvalue weighted by Crippen LogP contribution is -2.20. The van der Waals surface area contributed by atoms with Gasteiger partial charge in [-0.3, -0.25) is 0 Å². The highest BCUT2D eigenvalue weighted by atomic mass is 32.2. The van der Waals surface area contributed by atoms with E-state index in [-0.39, 0.29) is 4.90 Å². The molecule has 0 aliphatic carbocycles. The summed E-state index contributed by atoms with van der Waals surface area (Å²) in [5.74, 6) is 0. The molecule has 0 saturated carbocycles. The molecule has 1 rings (SSSR count). The van der Waals surface area contributed by atoms with Crippen molar-refractivity contribution < 1.29 is 8.42 Å². The van der Waals surface area contributed by atoms with E-state index < -0.39 is 10.0 Å². The van der Waals surface area contributed by atoms with Crippen LogP contribution in [0.4, 0.5) is 11.4 Å². The summed E-state index contributed by atoms with van der Waals surface area (Å²) >= 11 is 0. The third kappa shape index (κ3) is 5.38. The highest BCUT2D eigenvalue weighted by molar-refractivity contribution is 7.89. The zero-order chi connectivity index (χ0) is 15.2. The van der Waals surface area contributed by atoms with Crippen LogP contribution in [0.15, 0.2) is 23.1 Å².